The van der Waals surface area contributed by atoms with Crippen LogP contribution in [0.4, 0.5) is 14.9 Å². The average molecular weight is 455 g/mol. The molecule has 33 heavy (non-hydrogen) atoms. The number of carbonyl (C=O) groups is 2. The second kappa shape index (κ2) is 9.09. The highest BCUT2D eigenvalue weighted by molar-refractivity contribution is 5.92. The molecule has 4 rings (SSSR count). The lowest BCUT2D eigenvalue weighted by Gasteiger charge is -2.32. The molecule has 0 radical (unpaired) electrons. The molecule has 9 heteroatoms. The largest absolute Gasteiger partial charge is 0.453 e. The Hall–Kier alpha value is -3.62. The van der Waals surface area contributed by atoms with Crippen LogP contribution in [0.3, 0.4) is 0 Å². The van der Waals surface area contributed by atoms with Crippen molar-refractivity contribution in [1.29, 1.82) is 0 Å². The summed E-state index contributed by atoms with van der Waals surface area (Å²) in [5.41, 5.74) is 0.437. The Labute approximate surface area is 191 Å². The number of halogens is 1. The summed E-state index contributed by atoms with van der Waals surface area (Å²) in [5.74, 6) is -0.523. The van der Waals surface area contributed by atoms with Crippen LogP contribution in [0.5, 0.6) is 11.5 Å². The highest BCUT2D eigenvalue weighted by Crippen LogP contribution is 2.31. The second-order valence-corrected chi connectivity index (χ2v) is 9.03. The van der Waals surface area contributed by atoms with Gasteiger partial charge < -0.3 is 24.7 Å². The number of nitrogens with one attached hydrogen (secondary N) is 2. The zero-order valence-corrected chi connectivity index (χ0v) is 18.9. The summed E-state index contributed by atoms with van der Waals surface area (Å²) in [5, 5.41) is 3.51. The number of rotatable bonds is 4. The van der Waals surface area contributed by atoms with Crippen LogP contribution in [0, 0.1) is 11.7 Å². The number of fused-ring (bicyclic) bond motifs is 1. The van der Waals surface area contributed by atoms with Crippen LogP contribution in [0.1, 0.15) is 33.6 Å². The predicted octanol–water partition coefficient (Wildman–Crippen LogP) is 5.08. The van der Waals surface area contributed by atoms with Gasteiger partial charge in [-0.15, -0.1) is 0 Å². The summed E-state index contributed by atoms with van der Waals surface area (Å²) in [7, 11) is 0. The molecular formula is C24H27FN4O4. The van der Waals surface area contributed by atoms with Crippen molar-refractivity contribution in [2.45, 2.75) is 39.2 Å². The molecule has 2 N–H and O–H groups in total. The number of ether oxygens (including phenoxy) is 2. The van der Waals surface area contributed by atoms with Gasteiger partial charge in [0.25, 0.3) is 0 Å². The van der Waals surface area contributed by atoms with Crippen molar-refractivity contribution in [3.8, 4) is 11.5 Å². The van der Waals surface area contributed by atoms with Crippen molar-refractivity contribution in [3.63, 3.8) is 0 Å². The quantitative estimate of drug-likeness (QED) is 0.573. The molecular weight excluding hydrogens is 427 g/mol. The summed E-state index contributed by atoms with van der Waals surface area (Å²) in [6, 6.07) is 7.78. The molecule has 1 aliphatic heterocycles. The van der Waals surface area contributed by atoms with Gasteiger partial charge in [-0.3, -0.25) is 4.79 Å². The van der Waals surface area contributed by atoms with Crippen LogP contribution in [0.2, 0.25) is 0 Å². The number of amides is 2. The number of aromatic amines is 1. The van der Waals surface area contributed by atoms with E-state index in [-0.39, 0.29) is 23.7 Å². The smallest absolute Gasteiger partial charge is 0.410 e. The minimum absolute atomic E-state index is 0.0485. The van der Waals surface area contributed by atoms with Crippen molar-refractivity contribution in [2.24, 2.45) is 5.92 Å². The molecule has 0 spiro atoms. The first-order chi connectivity index (χ1) is 15.7. The molecule has 1 fully saturated rings. The monoisotopic (exact) mass is 454 g/mol. The number of likely N-dealkylation sites (tertiary alicyclic amines) is 1. The van der Waals surface area contributed by atoms with E-state index in [4.69, 9.17) is 9.47 Å². The zero-order valence-electron chi connectivity index (χ0n) is 18.9. The van der Waals surface area contributed by atoms with Crippen LogP contribution in [-0.2, 0) is 9.53 Å². The molecule has 0 atom stereocenters. The molecule has 0 saturated carbocycles. The fourth-order valence-electron chi connectivity index (χ4n) is 3.70. The molecule has 2 amide bonds. The Bertz CT molecular complexity index is 1160. The van der Waals surface area contributed by atoms with Crippen molar-refractivity contribution in [2.75, 3.05) is 18.4 Å². The lowest BCUT2D eigenvalue weighted by molar-refractivity contribution is -0.121. The third-order valence-corrected chi connectivity index (χ3v) is 5.36. The first-order valence-electron chi connectivity index (χ1n) is 10.9. The van der Waals surface area contributed by atoms with E-state index in [1.807, 2.05) is 20.8 Å². The highest BCUT2D eigenvalue weighted by atomic mass is 19.1. The van der Waals surface area contributed by atoms with Gasteiger partial charge in [0.1, 0.15) is 17.0 Å². The molecule has 1 aromatic carbocycles. The summed E-state index contributed by atoms with van der Waals surface area (Å²) in [6.45, 7) is 6.33. The summed E-state index contributed by atoms with van der Waals surface area (Å²) >= 11 is 0. The van der Waals surface area contributed by atoms with Crippen LogP contribution in [0.25, 0.3) is 11.0 Å². The number of hydrogen-bond acceptors (Lipinski definition) is 5. The van der Waals surface area contributed by atoms with E-state index in [1.54, 1.807) is 35.5 Å². The summed E-state index contributed by atoms with van der Waals surface area (Å²) in [4.78, 5) is 33.6. The fraction of sp³-hybridized carbons (Fsp3) is 0.375. The molecule has 0 aliphatic carbocycles. The molecule has 174 valence electrons. The Morgan fingerprint density at radius 2 is 1.91 bits per heavy atom. The number of benzene rings is 1. The zero-order chi connectivity index (χ0) is 23.6. The van der Waals surface area contributed by atoms with E-state index in [9.17, 15) is 14.0 Å². The Balaban J connectivity index is 1.34. The molecule has 1 saturated heterocycles. The highest BCUT2D eigenvalue weighted by Gasteiger charge is 2.30. The van der Waals surface area contributed by atoms with E-state index >= 15 is 0 Å². The summed E-state index contributed by atoms with van der Waals surface area (Å²) < 4.78 is 25.8. The van der Waals surface area contributed by atoms with Crippen LogP contribution in [0.15, 0.2) is 42.7 Å². The van der Waals surface area contributed by atoms with E-state index < -0.39 is 11.4 Å². The molecule has 3 heterocycles. The second-order valence-electron chi connectivity index (χ2n) is 9.03. The number of nitrogens with zero attached hydrogens (tertiary/aromatic N) is 2. The molecule has 0 unspecified atom stereocenters. The molecule has 2 aromatic heterocycles. The lowest BCUT2D eigenvalue weighted by Crippen LogP contribution is -2.43. The maximum atomic E-state index is 14.7. The molecule has 3 aromatic rings. The summed E-state index contributed by atoms with van der Waals surface area (Å²) in [6.07, 6.45) is 3.98. The Kier molecular flexibility index (Phi) is 6.22. The number of pyridine rings is 1. The average Bonchev–Trinajstić information content (AvgIpc) is 3.24. The number of H-pyrrole nitrogens is 1. The van der Waals surface area contributed by atoms with Gasteiger partial charge in [0, 0.05) is 43.2 Å². The van der Waals surface area contributed by atoms with E-state index in [1.165, 1.54) is 12.1 Å². The number of carbonyl (C=O) groups excluding carboxylic acids is 2. The maximum absolute atomic E-state index is 14.7. The number of aromatic nitrogens is 2. The first kappa shape index (κ1) is 22.6. The molecule has 1 aliphatic rings. The molecule has 0 bridgehead atoms. The Morgan fingerprint density at radius 1 is 1.15 bits per heavy atom. The van der Waals surface area contributed by atoms with Crippen molar-refractivity contribution < 1.29 is 23.5 Å². The minimum Gasteiger partial charge on any atom is -0.453 e. The van der Waals surface area contributed by atoms with Crippen molar-refractivity contribution in [1.82, 2.24) is 14.9 Å². The number of piperidine rings is 1. The van der Waals surface area contributed by atoms with Gasteiger partial charge in [0.05, 0.1) is 5.39 Å². The van der Waals surface area contributed by atoms with Crippen molar-refractivity contribution in [3.05, 3.63) is 48.5 Å². The van der Waals surface area contributed by atoms with Gasteiger partial charge >= 0.3 is 6.09 Å². The number of anilines is 1. The van der Waals surface area contributed by atoms with E-state index in [2.05, 4.69) is 15.3 Å². The third kappa shape index (κ3) is 5.42. The first-order valence-corrected chi connectivity index (χ1v) is 10.9. The number of hydrogen-bond donors (Lipinski definition) is 2. The standard InChI is InChI=1S/C24H27FN4O4/c1-24(2,3)33-23(31)29-12-8-15(9-13-29)22(30)28-16-4-5-20(18(25)14-16)32-19-7-11-27-21-17(19)6-10-26-21/h4-7,10-11,14-15H,8-9,12-13H2,1-3H3,(H,26,27)(H,28,30). The third-order valence-electron chi connectivity index (χ3n) is 5.36. The topological polar surface area (TPSA) is 96.6 Å². The maximum Gasteiger partial charge on any atom is 0.410 e. The van der Waals surface area contributed by atoms with Crippen LogP contribution < -0.4 is 10.1 Å². The van der Waals surface area contributed by atoms with Crippen LogP contribution >= 0.6 is 0 Å². The van der Waals surface area contributed by atoms with Crippen molar-refractivity contribution >= 4 is 28.7 Å². The van der Waals surface area contributed by atoms with Gasteiger partial charge in [0.2, 0.25) is 5.91 Å². The normalized spacial score (nSPS) is 14.8. The van der Waals surface area contributed by atoms with Gasteiger partial charge in [-0.25, -0.2) is 14.2 Å². The van der Waals surface area contributed by atoms with Gasteiger partial charge in [-0.1, -0.05) is 0 Å². The predicted molar refractivity (Wildman–Crippen MR) is 122 cm³/mol. The van der Waals surface area contributed by atoms with E-state index in [0.29, 0.717) is 43.0 Å². The minimum atomic E-state index is -0.590. The van der Waals surface area contributed by atoms with Gasteiger partial charge in [-0.05, 0) is 57.9 Å². The van der Waals surface area contributed by atoms with E-state index in [0.717, 1.165) is 5.39 Å². The molecule has 8 nitrogen and oxygen atoms in total. The Morgan fingerprint density at radius 3 is 2.61 bits per heavy atom. The lowest BCUT2D eigenvalue weighted by atomic mass is 9.96. The van der Waals surface area contributed by atoms with Gasteiger partial charge in [0.15, 0.2) is 11.6 Å². The van der Waals surface area contributed by atoms with Gasteiger partial charge in [-0.2, -0.15) is 0 Å². The fourth-order valence-corrected chi connectivity index (χ4v) is 3.70. The SMILES string of the molecule is CC(C)(C)OC(=O)N1CCC(C(=O)Nc2ccc(Oc3ccnc4[nH]ccc34)c(F)c2)CC1. The van der Waals surface area contributed by atoms with Crippen LogP contribution in [-0.4, -0.2) is 45.6 Å².